The largest absolute Gasteiger partial charge is 1.00 e. The molecule has 0 saturated heterocycles. The van der Waals surface area contributed by atoms with Crippen LogP contribution in [0.2, 0.25) is 0 Å². The van der Waals surface area contributed by atoms with Crippen molar-refractivity contribution in [1.29, 1.82) is 0 Å². The van der Waals surface area contributed by atoms with Crippen LogP contribution < -0.4 is 29.6 Å². The van der Waals surface area contributed by atoms with Gasteiger partial charge in [-0.05, 0) is 32.1 Å². The van der Waals surface area contributed by atoms with Crippen LogP contribution in [0.4, 0.5) is 0 Å². The molecule has 0 atom stereocenters. The summed E-state index contributed by atoms with van der Waals surface area (Å²) in [4.78, 5) is 9.00. The Bertz CT molecular complexity index is 448. The van der Waals surface area contributed by atoms with E-state index >= 15 is 0 Å². The number of hydrogen-bond donors (Lipinski definition) is 1. The topological polar surface area (TPSA) is 104 Å². The Hall–Kier alpha value is 0.0800. The number of hydrogen-bond acceptors (Lipinski definition) is 5. The zero-order valence-electron chi connectivity index (χ0n) is 18.2. The fourth-order valence-electron chi connectivity index (χ4n) is 2.51. The molecule has 0 rings (SSSR count). The summed E-state index contributed by atoms with van der Waals surface area (Å²) in [5.74, 6) is -0.833. The zero-order valence-corrected chi connectivity index (χ0v) is 21.0. The van der Waals surface area contributed by atoms with Gasteiger partial charge >= 0.3 is 29.6 Å². The molecule has 0 heterocycles. The molecule has 0 fully saturated rings. The van der Waals surface area contributed by atoms with E-state index in [9.17, 15) is 13.0 Å². The summed E-state index contributed by atoms with van der Waals surface area (Å²) in [6, 6.07) is 0. The first-order valence-corrected chi connectivity index (χ1v) is 11.6. The summed E-state index contributed by atoms with van der Waals surface area (Å²) in [6.07, 6.45) is 21.4. The number of aliphatic carboxylic acids is 1. The van der Waals surface area contributed by atoms with Gasteiger partial charge in [-0.2, -0.15) is 0 Å². The quantitative estimate of drug-likeness (QED) is 0.125. The van der Waals surface area contributed by atoms with Gasteiger partial charge in [-0.25, -0.2) is 8.42 Å². The third-order valence-electron chi connectivity index (χ3n) is 3.88. The number of rotatable bonds is 17. The molecule has 0 aliphatic carbocycles. The summed E-state index contributed by atoms with van der Waals surface area (Å²) < 4.78 is 34.8. The first-order valence-electron chi connectivity index (χ1n) is 10.2. The molecule has 0 aliphatic heterocycles. The Morgan fingerprint density at radius 1 is 0.857 bits per heavy atom. The predicted octanol–water partition coefficient (Wildman–Crippen LogP) is 2.60. The third kappa shape index (κ3) is 40.7. The molecule has 0 saturated carbocycles. The fourth-order valence-corrected chi connectivity index (χ4v) is 2.83. The van der Waals surface area contributed by atoms with Gasteiger partial charge in [-0.15, -0.1) is 0 Å². The predicted molar refractivity (Wildman–Crippen MR) is 108 cm³/mol. The molecule has 1 N–H and O–H groups in total. The molecular formula is C20H39NaO6S. The van der Waals surface area contributed by atoms with Crippen LogP contribution in [0.25, 0.3) is 0 Å². The second-order valence-corrected chi connectivity index (χ2v) is 7.74. The second-order valence-electron chi connectivity index (χ2n) is 6.69. The molecule has 0 aromatic heterocycles. The van der Waals surface area contributed by atoms with Crippen molar-refractivity contribution < 1.29 is 56.6 Å². The average molecular weight is 431 g/mol. The molecule has 0 radical (unpaired) electrons. The van der Waals surface area contributed by atoms with Crippen molar-refractivity contribution in [2.45, 2.75) is 104 Å². The molecule has 28 heavy (non-hydrogen) atoms. The van der Waals surface area contributed by atoms with Crippen LogP contribution in [-0.4, -0.2) is 30.7 Å². The molecule has 0 unspecified atom stereocenters. The van der Waals surface area contributed by atoms with E-state index in [4.69, 9.17) is 9.90 Å². The van der Waals surface area contributed by atoms with Crippen molar-refractivity contribution >= 4 is 16.4 Å². The van der Waals surface area contributed by atoms with E-state index in [1.807, 2.05) is 0 Å². The van der Waals surface area contributed by atoms with Gasteiger partial charge in [0.25, 0.3) is 5.97 Å². The number of carboxylic acid groups (broad SMARTS) is 1. The van der Waals surface area contributed by atoms with Crippen molar-refractivity contribution in [1.82, 2.24) is 0 Å². The van der Waals surface area contributed by atoms with Gasteiger partial charge in [-0.3, -0.25) is 8.98 Å². The molecule has 0 spiro atoms. The third-order valence-corrected chi connectivity index (χ3v) is 4.34. The minimum atomic E-state index is -4.50. The molecule has 0 bridgehead atoms. The minimum Gasteiger partial charge on any atom is -0.726 e. The maximum atomic E-state index is 10.2. The van der Waals surface area contributed by atoms with Crippen LogP contribution in [0, 0.1) is 0 Å². The summed E-state index contributed by atoms with van der Waals surface area (Å²) in [5.41, 5.74) is 0. The van der Waals surface area contributed by atoms with Gasteiger partial charge < -0.3 is 9.66 Å². The van der Waals surface area contributed by atoms with Crippen LogP contribution in [-0.2, 0) is 19.4 Å². The SMILES string of the molecule is CC(=O)O.CCCCCCCC/C=C\CCCCCCCCOS(=O)(=O)[O-].[Na+]. The first kappa shape index (κ1) is 32.7. The molecule has 6 nitrogen and oxygen atoms in total. The smallest absolute Gasteiger partial charge is 0.726 e. The van der Waals surface area contributed by atoms with E-state index in [1.165, 1.54) is 57.8 Å². The van der Waals surface area contributed by atoms with Gasteiger partial charge in [0.05, 0.1) is 6.61 Å². The van der Waals surface area contributed by atoms with Gasteiger partial charge in [0, 0.05) is 6.92 Å². The van der Waals surface area contributed by atoms with Crippen molar-refractivity contribution in [2.24, 2.45) is 0 Å². The van der Waals surface area contributed by atoms with E-state index < -0.39 is 16.4 Å². The van der Waals surface area contributed by atoms with Crippen LogP contribution in [0.5, 0.6) is 0 Å². The molecule has 162 valence electrons. The Labute approximate surface area is 194 Å². The number of carboxylic acids is 1. The molecule has 0 amide bonds. The minimum absolute atomic E-state index is 0. The van der Waals surface area contributed by atoms with E-state index in [-0.39, 0.29) is 36.2 Å². The second kappa shape index (κ2) is 25.1. The molecule has 0 aromatic carbocycles. The summed E-state index contributed by atoms with van der Waals surface area (Å²) >= 11 is 0. The standard InChI is InChI=1S/C18H36O4S.C2H4O2.Na/c1-2-3-4-5-6-7-8-9-10-11-12-13-14-15-16-17-18-22-23(19,20)21;1-2(3)4;/h9-10H,2-8,11-18H2,1H3,(H,19,20,21);1H3,(H,3,4);/q;;+1/p-1/b10-9-;;. The first-order chi connectivity index (χ1) is 12.8. The summed E-state index contributed by atoms with van der Waals surface area (Å²) in [5, 5.41) is 7.42. The maximum Gasteiger partial charge on any atom is 1.00 e. The van der Waals surface area contributed by atoms with Crippen molar-refractivity contribution in [3.63, 3.8) is 0 Å². The Kier molecular flexibility index (Phi) is 29.4. The Balaban J connectivity index is -0.00000113. The fraction of sp³-hybridized carbons (Fsp3) is 0.850. The number of carbonyl (C=O) groups is 1. The maximum absolute atomic E-state index is 10.2. The van der Waals surface area contributed by atoms with Gasteiger partial charge in [-0.1, -0.05) is 76.9 Å². The van der Waals surface area contributed by atoms with E-state index in [1.54, 1.807) is 0 Å². The van der Waals surface area contributed by atoms with Crippen molar-refractivity contribution in [3.8, 4) is 0 Å². The molecular weight excluding hydrogens is 391 g/mol. The van der Waals surface area contributed by atoms with Crippen molar-refractivity contribution in [3.05, 3.63) is 12.2 Å². The number of allylic oxidation sites excluding steroid dienone is 2. The van der Waals surface area contributed by atoms with Crippen molar-refractivity contribution in [2.75, 3.05) is 6.61 Å². The van der Waals surface area contributed by atoms with E-state index in [0.717, 1.165) is 32.6 Å². The van der Waals surface area contributed by atoms with E-state index in [0.29, 0.717) is 6.42 Å². The van der Waals surface area contributed by atoms with Crippen LogP contribution in [0.3, 0.4) is 0 Å². The number of unbranched alkanes of at least 4 members (excludes halogenated alkanes) is 12. The summed E-state index contributed by atoms with van der Waals surface area (Å²) in [6.45, 7) is 3.35. The molecule has 0 aromatic rings. The van der Waals surface area contributed by atoms with Crippen LogP contribution >= 0.6 is 0 Å². The van der Waals surface area contributed by atoms with Gasteiger partial charge in [0.1, 0.15) is 0 Å². The van der Waals surface area contributed by atoms with Gasteiger partial charge in [0.2, 0.25) is 10.4 Å². The van der Waals surface area contributed by atoms with Crippen LogP contribution in [0.15, 0.2) is 12.2 Å². The Morgan fingerprint density at radius 3 is 1.61 bits per heavy atom. The molecule has 8 heteroatoms. The van der Waals surface area contributed by atoms with Crippen LogP contribution in [0.1, 0.15) is 104 Å². The van der Waals surface area contributed by atoms with E-state index in [2.05, 4.69) is 23.3 Å². The normalized spacial score (nSPS) is 11.0. The molecule has 0 aliphatic rings. The monoisotopic (exact) mass is 430 g/mol. The average Bonchev–Trinajstić information content (AvgIpc) is 2.56. The summed E-state index contributed by atoms with van der Waals surface area (Å²) in [7, 11) is -4.50. The zero-order chi connectivity index (χ0) is 20.8. The Morgan fingerprint density at radius 2 is 1.21 bits per heavy atom. The van der Waals surface area contributed by atoms with Gasteiger partial charge in [0.15, 0.2) is 0 Å².